The largest absolute Gasteiger partial charge is 0.356 e. The summed E-state index contributed by atoms with van der Waals surface area (Å²) in [6.07, 6.45) is 9.22. The molecule has 1 saturated carbocycles. The van der Waals surface area contributed by atoms with E-state index < -0.39 is 0 Å². The third-order valence-electron chi connectivity index (χ3n) is 6.24. The minimum Gasteiger partial charge on any atom is -0.356 e. The lowest BCUT2D eigenvalue weighted by atomic mass is 9.63. The number of hydrogen-bond acceptors (Lipinski definition) is 2. The van der Waals surface area contributed by atoms with Crippen molar-refractivity contribution in [1.29, 1.82) is 0 Å². The number of carbonyl (C=O) groups excluding carboxylic acids is 1. The zero-order valence-electron chi connectivity index (χ0n) is 15.1. The number of nitrogens with one attached hydrogen (secondary N) is 1. The molecule has 3 heteroatoms. The normalized spacial score (nSPS) is 22.2. The number of benzene rings is 1. The molecule has 1 N–H and O–H groups in total. The van der Waals surface area contributed by atoms with Crippen LogP contribution in [0.2, 0.25) is 0 Å². The molecule has 2 aliphatic rings. The second-order valence-electron chi connectivity index (χ2n) is 7.87. The fourth-order valence-corrected chi connectivity index (χ4v) is 4.83. The van der Waals surface area contributed by atoms with E-state index in [1.807, 2.05) is 0 Å². The van der Waals surface area contributed by atoms with E-state index in [9.17, 15) is 4.79 Å². The van der Waals surface area contributed by atoms with Crippen molar-refractivity contribution in [3.05, 3.63) is 35.9 Å². The molecule has 1 heterocycles. The highest BCUT2D eigenvalue weighted by molar-refractivity contribution is 5.72. The van der Waals surface area contributed by atoms with Crippen molar-refractivity contribution in [1.82, 2.24) is 10.2 Å². The molecule has 0 spiro atoms. The van der Waals surface area contributed by atoms with Gasteiger partial charge in [-0.05, 0) is 55.7 Å². The van der Waals surface area contributed by atoms with Gasteiger partial charge in [0.05, 0.1) is 0 Å². The Bertz CT molecular complexity index is 514. The van der Waals surface area contributed by atoms with Crippen LogP contribution in [0, 0.1) is 11.3 Å². The number of carbonyl (C=O) groups is 1. The molecule has 24 heavy (non-hydrogen) atoms. The smallest absolute Gasteiger partial charge is 0.216 e. The molecule has 132 valence electrons. The molecule has 1 aliphatic carbocycles. The van der Waals surface area contributed by atoms with Crippen molar-refractivity contribution in [3.63, 3.8) is 0 Å². The van der Waals surface area contributed by atoms with Gasteiger partial charge in [-0.15, -0.1) is 0 Å². The predicted octanol–water partition coefficient (Wildman–Crippen LogP) is 3.99. The molecule has 1 aromatic rings. The van der Waals surface area contributed by atoms with Gasteiger partial charge in [-0.25, -0.2) is 0 Å². The van der Waals surface area contributed by atoms with Gasteiger partial charge in [0.15, 0.2) is 0 Å². The Hall–Kier alpha value is -1.35. The number of piperidine rings is 1. The van der Waals surface area contributed by atoms with Crippen LogP contribution in [-0.2, 0) is 11.3 Å². The zero-order valence-corrected chi connectivity index (χ0v) is 15.1. The first kappa shape index (κ1) is 17.5. The Morgan fingerprint density at radius 3 is 2.42 bits per heavy atom. The van der Waals surface area contributed by atoms with Crippen LogP contribution in [0.15, 0.2) is 30.3 Å². The van der Waals surface area contributed by atoms with Crippen LogP contribution < -0.4 is 5.32 Å². The Labute approximate surface area is 146 Å². The van der Waals surface area contributed by atoms with Crippen LogP contribution in [0.25, 0.3) is 0 Å². The van der Waals surface area contributed by atoms with Crippen LogP contribution in [0.4, 0.5) is 0 Å². The first-order chi connectivity index (χ1) is 11.7. The second-order valence-corrected chi connectivity index (χ2v) is 7.87. The van der Waals surface area contributed by atoms with E-state index in [0.29, 0.717) is 5.41 Å². The molecule has 1 aromatic carbocycles. The molecule has 3 rings (SSSR count). The van der Waals surface area contributed by atoms with E-state index in [4.69, 9.17) is 0 Å². The Kier molecular flexibility index (Phi) is 5.94. The highest BCUT2D eigenvalue weighted by Gasteiger charge is 2.40. The van der Waals surface area contributed by atoms with Gasteiger partial charge in [-0.2, -0.15) is 0 Å². The number of hydrogen-bond donors (Lipinski definition) is 1. The van der Waals surface area contributed by atoms with Crippen LogP contribution >= 0.6 is 0 Å². The fourth-order valence-electron chi connectivity index (χ4n) is 4.83. The van der Waals surface area contributed by atoms with E-state index in [2.05, 4.69) is 40.5 Å². The van der Waals surface area contributed by atoms with Gasteiger partial charge in [0.1, 0.15) is 0 Å². The number of likely N-dealkylation sites (tertiary alicyclic amines) is 1. The maximum atomic E-state index is 11.4. The summed E-state index contributed by atoms with van der Waals surface area (Å²) >= 11 is 0. The molecule has 1 saturated heterocycles. The first-order valence-electron chi connectivity index (χ1n) is 9.69. The van der Waals surface area contributed by atoms with E-state index in [0.717, 1.165) is 19.0 Å². The molecule has 0 bridgehead atoms. The summed E-state index contributed by atoms with van der Waals surface area (Å²) in [6.45, 7) is 6.01. The van der Waals surface area contributed by atoms with Gasteiger partial charge < -0.3 is 5.32 Å². The average molecular weight is 329 g/mol. The standard InChI is InChI=1S/C21H32N2O/c1-18(24)22-17-21(12-6-3-7-13-21)20-10-14-23(15-11-20)16-19-8-4-2-5-9-19/h2,4-5,8-9,20H,3,6-7,10-17H2,1H3,(H,22,24). The topological polar surface area (TPSA) is 32.3 Å². The predicted molar refractivity (Wildman–Crippen MR) is 98.6 cm³/mol. The van der Waals surface area contributed by atoms with Gasteiger partial charge in [0, 0.05) is 20.0 Å². The molecular formula is C21H32N2O. The summed E-state index contributed by atoms with van der Waals surface area (Å²) in [4.78, 5) is 14.0. The third kappa shape index (κ3) is 4.38. The molecule has 3 nitrogen and oxygen atoms in total. The van der Waals surface area contributed by atoms with Gasteiger partial charge in [-0.3, -0.25) is 9.69 Å². The number of nitrogens with zero attached hydrogens (tertiary/aromatic N) is 1. The maximum absolute atomic E-state index is 11.4. The molecule has 0 unspecified atom stereocenters. The van der Waals surface area contributed by atoms with Crippen LogP contribution in [-0.4, -0.2) is 30.4 Å². The Balaban J connectivity index is 1.57. The van der Waals surface area contributed by atoms with E-state index in [1.165, 1.54) is 63.6 Å². The maximum Gasteiger partial charge on any atom is 0.216 e. The molecular weight excluding hydrogens is 296 g/mol. The van der Waals surface area contributed by atoms with Crippen molar-refractivity contribution in [3.8, 4) is 0 Å². The highest BCUT2D eigenvalue weighted by atomic mass is 16.1. The molecule has 0 aromatic heterocycles. The van der Waals surface area contributed by atoms with Crippen LogP contribution in [0.3, 0.4) is 0 Å². The van der Waals surface area contributed by atoms with E-state index >= 15 is 0 Å². The van der Waals surface area contributed by atoms with Crippen LogP contribution in [0.1, 0.15) is 57.4 Å². The van der Waals surface area contributed by atoms with Crippen molar-refractivity contribution in [2.45, 2.75) is 58.4 Å². The number of amides is 1. The monoisotopic (exact) mass is 328 g/mol. The summed E-state index contributed by atoms with van der Waals surface area (Å²) in [6, 6.07) is 10.8. The summed E-state index contributed by atoms with van der Waals surface area (Å²) in [5.74, 6) is 0.901. The Morgan fingerprint density at radius 1 is 1.12 bits per heavy atom. The van der Waals surface area contributed by atoms with Crippen molar-refractivity contribution in [2.24, 2.45) is 11.3 Å². The lowest BCUT2D eigenvalue weighted by Gasteiger charge is -2.47. The quantitative estimate of drug-likeness (QED) is 0.886. The van der Waals surface area contributed by atoms with Gasteiger partial charge >= 0.3 is 0 Å². The average Bonchev–Trinajstić information content (AvgIpc) is 2.62. The lowest BCUT2D eigenvalue weighted by molar-refractivity contribution is -0.120. The second kappa shape index (κ2) is 8.15. The minimum absolute atomic E-state index is 0.126. The molecule has 2 fully saturated rings. The van der Waals surface area contributed by atoms with E-state index in [1.54, 1.807) is 6.92 Å². The van der Waals surface area contributed by atoms with Gasteiger partial charge in [-0.1, -0.05) is 49.6 Å². The molecule has 0 atom stereocenters. The summed E-state index contributed by atoms with van der Waals surface area (Å²) < 4.78 is 0. The first-order valence-corrected chi connectivity index (χ1v) is 9.69. The lowest BCUT2D eigenvalue weighted by Crippen LogP contribution is -2.47. The van der Waals surface area contributed by atoms with E-state index in [-0.39, 0.29) is 5.91 Å². The SMILES string of the molecule is CC(=O)NCC1(C2CCN(Cc3ccccc3)CC2)CCCCC1. The van der Waals surface area contributed by atoms with Crippen molar-refractivity contribution < 1.29 is 4.79 Å². The van der Waals surface area contributed by atoms with Gasteiger partial charge in [0.25, 0.3) is 0 Å². The van der Waals surface area contributed by atoms with Crippen molar-refractivity contribution in [2.75, 3.05) is 19.6 Å². The zero-order chi connectivity index (χ0) is 16.8. The molecule has 1 amide bonds. The van der Waals surface area contributed by atoms with Crippen molar-refractivity contribution >= 4 is 5.91 Å². The summed E-state index contributed by atoms with van der Waals surface area (Å²) in [5.41, 5.74) is 1.78. The molecule has 0 radical (unpaired) electrons. The summed E-state index contributed by atoms with van der Waals surface area (Å²) in [5, 5.41) is 3.15. The van der Waals surface area contributed by atoms with Crippen LogP contribution in [0.5, 0.6) is 0 Å². The number of rotatable bonds is 5. The fraction of sp³-hybridized carbons (Fsp3) is 0.667. The summed E-state index contributed by atoms with van der Waals surface area (Å²) in [7, 11) is 0. The Morgan fingerprint density at radius 2 is 1.79 bits per heavy atom. The third-order valence-corrected chi connectivity index (χ3v) is 6.24. The molecule has 1 aliphatic heterocycles. The minimum atomic E-state index is 0.126. The van der Waals surface area contributed by atoms with Gasteiger partial charge in [0.2, 0.25) is 5.91 Å². The highest BCUT2D eigenvalue weighted by Crippen LogP contribution is 2.46.